The SMILES string of the molecule is CCOc1ccc(N2C(=O)C(Nc3ccc(OC)cc3)=C(c3ccc(F)cc3)C2=O)cc1. The molecule has 0 aromatic heterocycles. The van der Waals surface area contributed by atoms with E-state index in [2.05, 4.69) is 5.32 Å². The highest BCUT2D eigenvalue weighted by molar-refractivity contribution is 6.46. The van der Waals surface area contributed by atoms with Gasteiger partial charge in [-0.25, -0.2) is 9.29 Å². The van der Waals surface area contributed by atoms with Gasteiger partial charge in [0.05, 0.1) is 25.0 Å². The van der Waals surface area contributed by atoms with E-state index in [9.17, 15) is 14.0 Å². The molecule has 0 bridgehead atoms. The molecule has 7 heteroatoms. The van der Waals surface area contributed by atoms with Crippen LogP contribution in [0.25, 0.3) is 5.57 Å². The van der Waals surface area contributed by atoms with Gasteiger partial charge in [0.15, 0.2) is 0 Å². The number of methoxy groups -OCH3 is 1. The third-order valence-electron chi connectivity index (χ3n) is 4.98. The van der Waals surface area contributed by atoms with Crippen molar-refractivity contribution in [2.75, 3.05) is 23.9 Å². The van der Waals surface area contributed by atoms with Crippen molar-refractivity contribution in [1.29, 1.82) is 0 Å². The standard InChI is InChI=1S/C25H21FN2O4/c1-3-32-21-14-10-19(11-15-21)28-24(29)22(16-4-6-17(26)7-5-16)23(25(28)30)27-18-8-12-20(31-2)13-9-18/h4-15,27H,3H2,1-2H3. The average Bonchev–Trinajstić information content (AvgIpc) is 3.05. The molecule has 1 aliphatic rings. The van der Waals surface area contributed by atoms with Crippen LogP contribution in [0.1, 0.15) is 12.5 Å². The van der Waals surface area contributed by atoms with Crippen molar-refractivity contribution in [3.63, 3.8) is 0 Å². The number of halogens is 1. The highest BCUT2D eigenvalue weighted by Gasteiger charge is 2.40. The van der Waals surface area contributed by atoms with E-state index in [-0.39, 0.29) is 11.3 Å². The highest BCUT2D eigenvalue weighted by Crippen LogP contribution is 2.34. The number of rotatable bonds is 7. The minimum Gasteiger partial charge on any atom is -0.497 e. The quantitative estimate of drug-likeness (QED) is 0.552. The van der Waals surface area contributed by atoms with Crippen LogP contribution in [0.15, 0.2) is 78.5 Å². The lowest BCUT2D eigenvalue weighted by atomic mass is 10.0. The zero-order valence-corrected chi connectivity index (χ0v) is 17.6. The van der Waals surface area contributed by atoms with Gasteiger partial charge in [-0.15, -0.1) is 0 Å². The fraction of sp³-hybridized carbons (Fsp3) is 0.120. The molecule has 1 heterocycles. The molecule has 1 aliphatic heterocycles. The van der Waals surface area contributed by atoms with E-state index in [4.69, 9.17) is 9.47 Å². The molecule has 0 spiro atoms. The normalized spacial score (nSPS) is 13.5. The fourth-order valence-electron chi connectivity index (χ4n) is 3.44. The first kappa shape index (κ1) is 21.1. The number of carbonyl (C=O) groups is 2. The molecule has 2 amide bonds. The molecule has 1 N–H and O–H groups in total. The summed E-state index contributed by atoms with van der Waals surface area (Å²) in [5, 5.41) is 3.06. The molecular formula is C25H21FN2O4. The summed E-state index contributed by atoms with van der Waals surface area (Å²) in [4.78, 5) is 27.8. The summed E-state index contributed by atoms with van der Waals surface area (Å²) in [7, 11) is 1.56. The lowest BCUT2D eigenvalue weighted by Gasteiger charge is -2.16. The first-order valence-corrected chi connectivity index (χ1v) is 10.0. The fourth-order valence-corrected chi connectivity index (χ4v) is 3.44. The molecule has 3 aromatic carbocycles. The molecule has 162 valence electrons. The van der Waals surface area contributed by atoms with E-state index >= 15 is 0 Å². The van der Waals surface area contributed by atoms with Gasteiger partial charge in [-0.05, 0) is 73.2 Å². The van der Waals surface area contributed by atoms with Crippen molar-refractivity contribution >= 4 is 28.8 Å². The zero-order chi connectivity index (χ0) is 22.7. The first-order chi connectivity index (χ1) is 15.5. The van der Waals surface area contributed by atoms with Gasteiger partial charge in [0.25, 0.3) is 11.8 Å². The van der Waals surface area contributed by atoms with E-state index in [0.717, 1.165) is 4.90 Å². The van der Waals surface area contributed by atoms with Crippen molar-refractivity contribution in [3.05, 3.63) is 89.9 Å². The molecule has 0 saturated heterocycles. The molecule has 3 aromatic rings. The Balaban J connectivity index is 1.74. The van der Waals surface area contributed by atoms with E-state index in [1.165, 1.54) is 24.3 Å². The Labute approximate surface area is 184 Å². The van der Waals surface area contributed by atoms with E-state index in [1.54, 1.807) is 55.6 Å². The second-order valence-corrected chi connectivity index (χ2v) is 6.98. The van der Waals surface area contributed by atoms with Crippen molar-refractivity contribution < 1.29 is 23.5 Å². The molecule has 0 fully saturated rings. The highest BCUT2D eigenvalue weighted by atomic mass is 19.1. The maximum absolute atomic E-state index is 13.5. The number of anilines is 2. The zero-order valence-electron chi connectivity index (χ0n) is 17.6. The number of hydrogen-bond acceptors (Lipinski definition) is 5. The van der Waals surface area contributed by atoms with Gasteiger partial charge < -0.3 is 14.8 Å². The molecule has 0 unspecified atom stereocenters. The summed E-state index contributed by atoms with van der Waals surface area (Å²) in [5.74, 6) is -0.137. The summed E-state index contributed by atoms with van der Waals surface area (Å²) in [6.45, 7) is 2.38. The maximum Gasteiger partial charge on any atom is 0.282 e. The Morgan fingerprint density at radius 2 is 1.47 bits per heavy atom. The predicted octanol–water partition coefficient (Wildman–Crippen LogP) is 4.63. The van der Waals surface area contributed by atoms with Crippen LogP contribution < -0.4 is 19.7 Å². The monoisotopic (exact) mass is 432 g/mol. The van der Waals surface area contributed by atoms with Gasteiger partial charge in [0, 0.05) is 5.69 Å². The predicted molar refractivity (Wildman–Crippen MR) is 120 cm³/mol. The van der Waals surface area contributed by atoms with E-state index in [1.807, 2.05) is 6.92 Å². The molecule has 0 aliphatic carbocycles. The van der Waals surface area contributed by atoms with Crippen LogP contribution in [0.3, 0.4) is 0 Å². The minimum absolute atomic E-state index is 0.112. The number of nitrogens with one attached hydrogen (secondary N) is 1. The summed E-state index contributed by atoms with van der Waals surface area (Å²) < 4.78 is 24.1. The van der Waals surface area contributed by atoms with Gasteiger partial charge in [0.2, 0.25) is 0 Å². The van der Waals surface area contributed by atoms with Gasteiger partial charge in [-0.3, -0.25) is 9.59 Å². The van der Waals surface area contributed by atoms with Gasteiger partial charge in [0.1, 0.15) is 23.0 Å². The molecule has 0 saturated carbocycles. The number of imide groups is 1. The van der Waals surface area contributed by atoms with Gasteiger partial charge in [-0.2, -0.15) is 0 Å². The molecule has 32 heavy (non-hydrogen) atoms. The molecule has 0 radical (unpaired) electrons. The van der Waals surface area contributed by atoms with Crippen LogP contribution in [-0.2, 0) is 9.59 Å². The summed E-state index contributed by atoms with van der Waals surface area (Å²) in [5.41, 5.74) is 1.74. The lowest BCUT2D eigenvalue weighted by Crippen LogP contribution is -2.32. The largest absolute Gasteiger partial charge is 0.497 e. The minimum atomic E-state index is -0.505. The van der Waals surface area contributed by atoms with Crippen LogP contribution in [-0.4, -0.2) is 25.5 Å². The summed E-state index contributed by atoms with van der Waals surface area (Å²) in [6, 6.07) is 19.1. The Kier molecular flexibility index (Phi) is 5.89. The van der Waals surface area contributed by atoms with Crippen LogP contribution >= 0.6 is 0 Å². The topological polar surface area (TPSA) is 67.9 Å². The Hall–Kier alpha value is -4.13. The second kappa shape index (κ2) is 8.93. The van der Waals surface area contributed by atoms with Crippen LogP contribution in [0.2, 0.25) is 0 Å². The van der Waals surface area contributed by atoms with Crippen LogP contribution in [0, 0.1) is 5.82 Å². The van der Waals surface area contributed by atoms with Crippen molar-refractivity contribution in [3.8, 4) is 11.5 Å². The number of ether oxygens (including phenoxy) is 2. The van der Waals surface area contributed by atoms with Crippen molar-refractivity contribution in [1.82, 2.24) is 0 Å². The smallest absolute Gasteiger partial charge is 0.282 e. The number of benzene rings is 3. The summed E-state index contributed by atoms with van der Waals surface area (Å²) in [6.07, 6.45) is 0. The Bertz CT molecular complexity index is 1170. The number of carbonyl (C=O) groups excluding carboxylic acids is 2. The number of hydrogen-bond donors (Lipinski definition) is 1. The average molecular weight is 432 g/mol. The Morgan fingerprint density at radius 3 is 2.06 bits per heavy atom. The van der Waals surface area contributed by atoms with Gasteiger partial charge in [-0.1, -0.05) is 12.1 Å². The molecule has 6 nitrogen and oxygen atoms in total. The van der Waals surface area contributed by atoms with Crippen LogP contribution in [0.4, 0.5) is 15.8 Å². The molecule has 0 atom stereocenters. The summed E-state index contributed by atoms with van der Waals surface area (Å²) >= 11 is 0. The molecule has 4 rings (SSSR count). The van der Waals surface area contributed by atoms with Crippen LogP contribution in [0.5, 0.6) is 11.5 Å². The Morgan fingerprint density at radius 1 is 0.844 bits per heavy atom. The third-order valence-corrected chi connectivity index (χ3v) is 4.98. The third kappa shape index (κ3) is 4.05. The lowest BCUT2D eigenvalue weighted by molar-refractivity contribution is -0.120. The number of nitrogens with zero attached hydrogens (tertiary/aromatic N) is 1. The van der Waals surface area contributed by atoms with Gasteiger partial charge >= 0.3 is 0 Å². The van der Waals surface area contributed by atoms with E-state index in [0.29, 0.717) is 35.0 Å². The van der Waals surface area contributed by atoms with Crippen molar-refractivity contribution in [2.24, 2.45) is 0 Å². The molecular weight excluding hydrogens is 411 g/mol. The maximum atomic E-state index is 13.5. The van der Waals surface area contributed by atoms with E-state index < -0.39 is 17.6 Å². The van der Waals surface area contributed by atoms with Crippen molar-refractivity contribution in [2.45, 2.75) is 6.92 Å². The second-order valence-electron chi connectivity index (χ2n) is 6.98. The number of amides is 2. The first-order valence-electron chi connectivity index (χ1n) is 10.0.